The Morgan fingerprint density at radius 3 is 2.69 bits per heavy atom. The Bertz CT molecular complexity index is 1020. The lowest BCUT2D eigenvalue weighted by atomic mass is 9.85. The van der Waals surface area contributed by atoms with Crippen LogP contribution < -0.4 is 10.1 Å². The van der Waals surface area contributed by atoms with Crippen molar-refractivity contribution < 1.29 is 13.9 Å². The summed E-state index contributed by atoms with van der Waals surface area (Å²) < 4.78 is 21.4. The molecule has 1 aliphatic rings. The van der Waals surface area contributed by atoms with E-state index in [4.69, 9.17) is 9.84 Å². The quantitative estimate of drug-likeness (QED) is 0.614. The highest BCUT2D eigenvalue weighted by atomic mass is 19.1. The number of nitrogens with one attached hydrogen (secondary N) is 1. The van der Waals surface area contributed by atoms with Crippen molar-refractivity contribution in [2.75, 3.05) is 12.4 Å². The third kappa shape index (κ3) is 3.97. The van der Waals surface area contributed by atoms with Gasteiger partial charge in [-0.15, -0.1) is 0 Å². The first-order chi connectivity index (χ1) is 14.1. The topological polar surface area (TPSA) is 56.2 Å². The SMILES string of the molecule is CCC1CCC(n2cc3cc(NC(=O)c4ccccc4F)c(OC)cc3n2)CC1. The van der Waals surface area contributed by atoms with Crippen molar-refractivity contribution in [2.24, 2.45) is 5.92 Å². The molecular formula is C23H26FN3O2. The molecule has 1 saturated carbocycles. The van der Waals surface area contributed by atoms with Crippen LogP contribution in [-0.4, -0.2) is 22.8 Å². The van der Waals surface area contributed by atoms with E-state index in [9.17, 15) is 9.18 Å². The second-order valence-electron chi connectivity index (χ2n) is 7.74. The van der Waals surface area contributed by atoms with Crippen LogP contribution in [0.2, 0.25) is 0 Å². The van der Waals surface area contributed by atoms with E-state index in [0.717, 1.165) is 29.7 Å². The van der Waals surface area contributed by atoms with E-state index in [1.165, 1.54) is 31.4 Å². The number of anilines is 1. The van der Waals surface area contributed by atoms with E-state index in [-0.39, 0.29) is 5.56 Å². The highest BCUT2D eigenvalue weighted by Gasteiger charge is 2.22. The fourth-order valence-electron chi connectivity index (χ4n) is 4.18. The summed E-state index contributed by atoms with van der Waals surface area (Å²) >= 11 is 0. The van der Waals surface area contributed by atoms with E-state index in [2.05, 4.69) is 16.9 Å². The van der Waals surface area contributed by atoms with Gasteiger partial charge in [-0.25, -0.2) is 4.39 Å². The van der Waals surface area contributed by atoms with Crippen LogP contribution in [0.1, 0.15) is 55.4 Å². The summed E-state index contributed by atoms with van der Waals surface area (Å²) in [5, 5.41) is 8.45. The molecule has 2 aromatic carbocycles. The number of halogens is 1. The molecule has 1 heterocycles. The number of nitrogens with zero attached hydrogens (tertiary/aromatic N) is 2. The van der Waals surface area contributed by atoms with Gasteiger partial charge in [-0.1, -0.05) is 25.5 Å². The Kier molecular flexibility index (Phi) is 5.51. The zero-order valence-electron chi connectivity index (χ0n) is 16.8. The van der Waals surface area contributed by atoms with Gasteiger partial charge in [0.25, 0.3) is 5.91 Å². The van der Waals surface area contributed by atoms with Crippen LogP contribution in [0.25, 0.3) is 10.9 Å². The Labute approximate surface area is 169 Å². The molecule has 0 saturated heterocycles. The van der Waals surface area contributed by atoms with Gasteiger partial charge in [0.2, 0.25) is 0 Å². The fourth-order valence-corrected chi connectivity index (χ4v) is 4.18. The monoisotopic (exact) mass is 395 g/mol. The fraction of sp³-hybridized carbons (Fsp3) is 0.391. The second-order valence-corrected chi connectivity index (χ2v) is 7.74. The molecule has 3 aromatic rings. The lowest BCUT2D eigenvalue weighted by molar-refractivity contribution is 0.102. The molecule has 0 atom stereocenters. The molecule has 1 fully saturated rings. The van der Waals surface area contributed by atoms with Crippen molar-refractivity contribution in [3.8, 4) is 5.75 Å². The standard InChI is InChI=1S/C23H26FN3O2/c1-3-15-8-10-17(11-9-15)27-14-16-12-21(22(29-2)13-20(16)26-27)25-23(28)18-6-4-5-7-19(18)24/h4-7,12-15,17H,3,8-11H2,1-2H3,(H,25,28). The molecule has 1 N–H and O–H groups in total. The van der Waals surface area contributed by atoms with Crippen molar-refractivity contribution in [2.45, 2.75) is 45.1 Å². The van der Waals surface area contributed by atoms with Gasteiger partial charge in [-0.2, -0.15) is 5.10 Å². The Hall–Kier alpha value is -2.89. The molecule has 4 rings (SSSR count). The third-order valence-corrected chi connectivity index (χ3v) is 5.98. The molecular weight excluding hydrogens is 369 g/mol. The van der Waals surface area contributed by atoms with Crippen LogP contribution in [0, 0.1) is 11.7 Å². The highest BCUT2D eigenvalue weighted by molar-refractivity contribution is 6.06. The van der Waals surface area contributed by atoms with E-state index < -0.39 is 11.7 Å². The summed E-state index contributed by atoms with van der Waals surface area (Å²) in [6.07, 6.45) is 8.04. The molecule has 5 nitrogen and oxygen atoms in total. The average Bonchev–Trinajstić information content (AvgIpc) is 3.16. The van der Waals surface area contributed by atoms with Crippen molar-refractivity contribution in [1.82, 2.24) is 9.78 Å². The van der Waals surface area contributed by atoms with Crippen LogP contribution in [-0.2, 0) is 0 Å². The molecule has 1 aliphatic carbocycles. The number of ether oxygens (including phenoxy) is 1. The zero-order valence-corrected chi connectivity index (χ0v) is 16.8. The number of methoxy groups -OCH3 is 1. The number of rotatable bonds is 5. The number of carbonyl (C=O) groups is 1. The van der Waals surface area contributed by atoms with Gasteiger partial charge in [-0.3, -0.25) is 9.48 Å². The number of aromatic nitrogens is 2. The van der Waals surface area contributed by atoms with Crippen LogP contribution in [0.5, 0.6) is 5.75 Å². The summed E-state index contributed by atoms with van der Waals surface area (Å²) in [5.41, 5.74) is 1.32. The number of carbonyl (C=O) groups excluding carboxylic acids is 1. The van der Waals surface area contributed by atoms with E-state index in [1.54, 1.807) is 19.2 Å². The van der Waals surface area contributed by atoms with Gasteiger partial charge in [0.05, 0.1) is 29.9 Å². The second kappa shape index (κ2) is 8.23. The van der Waals surface area contributed by atoms with Gasteiger partial charge in [0.1, 0.15) is 11.6 Å². The summed E-state index contributed by atoms with van der Waals surface area (Å²) in [4.78, 5) is 12.5. The van der Waals surface area contributed by atoms with Crippen LogP contribution in [0.3, 0.4) is 0 Å². The first-order valence-corrected chi connectivity index (χ1v) is 10.2. The smallest absolute Gasteiger partial charge is 0.258 e. The summed E-state index contributed by atoms with van der Waals surface area (Å²) in [6.45, 7) is 2.26. The van der Waals surface area contributed by atoms with Gasteiger partial charge in [-0.05, 0) is 49.8 Å². The highest BCUT2D eigenvalue weighted by Crippen LogP contribution is 2.36. The molecule has 1 aromatic heterocycles. The van der Waals surface area contributed by atoms with E-state index >= 15 is 0 Å². The first kappa shape index (κ1) is 19.4. The minimum absolute atomic E-state index is 0.00182. The largest absolute Gasteiger partial charge is 0.494 e. The van der Waals surface area contributed by atoms with Crippen LogP contribution >= 0.6 is 0 Å². The zero-order chi connectivity index (χ0) is 20.4. The van der Waals surface area contributed by atoms with Gasteiger partial charge in [0.15, 0.2) is 0 Å². The van der Waals surface area contributed by atoms with Crippen molar-refractivity contribution in [1.29, 1.82) is 0 Å². The lowest BCUT2D eigenvalue weighted by Crippen LogP contribution is -2.18. The minimum atomic E-state index is -0.555. The minimum Gasteiger partial charge on any atom is -0.494 e. The maximum atomic E-state index is 13.9. The maximum absolute atomic E-state index is 13.9. The van der Waals surface area contributed by atoms with E-state index in [0.29, 0.717) is 17.5 Å². The average molecular weight is 395 g/mol. The Balaban J connectivity index is 1.60. The van der Waals surface area contributed by atoms with Gasteiger partial charge >= 0.3 is 0 Å². The summed E-state index contributed by atoms with van der Waals surface area (Å²) in [5.74, 6) is 0.269. The van der Waals surface area contributed by atoms with E-state index in [1.807, 2.05) is 18.3 Å². The summed E-state index contributed by atoms with van der Waals surface area (Å²) in [7, 11) is 1.54. The predicted molar refractivity (Wildman–Crippen MR) is 112 cm³/mol. The molecule has 1 amide bonds. The number of hydrogen-bond donors (Lipinski definition) is 1. The van der Waals surface area contributed by atoms with Gasteiger partial charge in [0, 0.05) is 17.6 Å². The normalized spacial score (nSPS) is 19.3. The molecule has 152 valence electrons. The van der Waals surface area contributed by atoms with Gasteiger partial charge < -0.3 is 10.1 Å². The van der Waals surface area contributed by atoms with Crippen LogP contribution in [0.4, 0.5) is 10.1 Å². The molecule has 0 radical (unpaired) electrons. The molecule has 0 unspecified atom stereocenters. The molecule has 0 aliphatic heterocycles. The molecule has 29 heavy (non-hydrogen) atoms. The predicted octanol–water partition coefficient (Wildman–Crippen LogP) is 5.58. The number of fused-ring (bicyclic) bond motifs is 1. The first-order valence-electron chi connectivity index (χ1n) is 10.2. The third-order valence-electron chi connectivity index (χ3n) is 5.98. The summed E-state index contributed by atoms with van der Waals surface area (Å²) in [6, 6.07) is 9.99. The Morgan fingerprint density at radius 2 is 2.00 bits per heavy atom. The number of hydrogen-bond acceptors (Lipinski definition) is 3. The molecule has 6 heteroatoms. The van der Waals surface area contributed by atoms with Crippen LogP contribution in [0.15, 0.2) is 42.6 Å². The van der Waals surface area contributed by atoms with Crippen molar-refractivity contribution >= 4 is 22.5 Å². The molecule has 0 bridgehead atoms. The van der Waals surface area contributed by atoms with Crippen molar-refractivity contribution in [3.05, 3.63) is 54.0 Å². The molecule has 0 spiro atoms. The lowest BCUT2D eigenvalue weighted by Gasteiger charge is -2.27. The number of amides is 1. The number of benzene rings is 2. The van der Waals surface area contributed by atoms with Crippen molar-refractivity contribution in [3.63, 3.8) is 0 Å². The Morgan fingerprint density at radius 1 is 1.24 bits per heavy atom. The maximum Gasteiger partial charge on any atom is 0.258 e.